The van der Waals surface area contributed by atoms with E-state index in [1.165, 1.54) is 0 Å². The van der Waals surface area contributed by atoms with Crippen molar-refractivity contribution in [3.8, 4) is 6.07 Å². The van der Waals surface area contributed by atoms with Gasteiger partial charge in [-0.1, -0.05) is 29.3 Å². The average molecular weight is 322 g/mol. The number of esters is 1. The lowest BCUT2D eigenvalue weighted by Gasteiger charge is -2.08. The normalized spacial score (nSPS) is 9.88. The first-order valence-electron chi connectivity index (χ1n) is 7.49. The summed E-state index contributed by atoms with van der Waals surface area (Å²) in [6.45, 7) is 3.44. The summed E-state index contributed by atoms with van der Waals surface area (Å²) in [4.78, 5) is 23.8. The zero-order chi connectivity index (χ0) is 17.5. The quantitative estimate of drug-likeness (QED) is 0.858. The maximum absolute atomic E-state index is 12.0. The van der Waals surface area contributed by atoms with Crippen molar-refractivity contribution < 1.29 is 14.3 Å². The van der Waals surface area contributed by atoms with Crippen LogP contribution in [0.4, 0.5) is 5.69 Å². The Morgan fingerprint density at radius 3 is 2.29 bits per heavy atom. The summed E-state index contributed by atoms with van der Waals surface area (Å²) in [5.41, 5.74) is 3.81. The Morgan fingerprint density at radius 2 is 1.71 bits per heavy atom. The molecule has 0 atom stereocenters. The van der Waals surface area contributed by atoms with Gasteiger partial charge in [0.2, 0.25) is 0 Å². The molecule has 2 aromatic carbocycles. The molecule has 0 radical (unpaired) electrons. The molecule has 0 spiro atoms. The summed E-state index contributed by atoms with van der Waals surface area (Å²) >= 11 is 0. The van der Waals surface area contributed by atoms with Crippen molar-refractivity contribution in [2.75, 3.05) is 11.9 Å². The number of rotatable bonds is 5. The Bertz CT molecular complexity index is 769. The predicted molar refractivity (Wildman–Crippen MR) is 90.6 cm³/mol. The zero-order valence-electron chi connectivity index (χ0n) is 13.6. The fourth-order valence-electron chi connectivity index (χ4n) is 2.30. The highest BCUT2D eigenvalue weighted by molar-refractivity contribution is 5.95. The van der Waals surface area contributed by atoms with Crippen LogP contribution in [-0.4, -0.2) is 18.5 Å². The molecule has 0 aliphatic carbocycles. The third-order valence-electron chi connectivity index (χ3n) is 3.31. The van der Waals surface area contributed by atoms with Crippen LogP contribution in [-0.2, 0) is 16.0 Å². The molecular formula is C19H18N2O3. The van der Waals surface area contributed by atoms with Gasteiger partial charge in [0.1, 0.15) is 0 Å². The Labute approximate surface area is 140 Å². The van der Waals surface area contributed by atoms with Crippen LogP contribution in [0.5, 0.6) is 0 Å². The van der Waals surface area contributed by atoms with Crippen molar-refractivity contribution in [2.45, 2.75) is 20.3 Å². The molecule has 0 aliphatic rings. The minimum atomic E-state index is -0.527. The largest absolute Gasteiger partial charge is 0.452 e. The van der Waals surface area contributed by atoms with Gasteiger partial charge in [0.25, 0.3) is 5.91 Å². The molecule has 0 aromatic heterocycles. The Morgan fingerprint density at radius 1 is 1.08 bits per heavy atom. The van der Waals surface area contributed by atoms with E-state index in [2.05, 4.69) is 11.4 Å². The number of amides is 1. The van der Waals surface area contributed by atoms with Crippen LogP contribution >= 0.6 is 0 Å². The molecule has 2 aromatic rings. The molecule has 122 valence electrons. The maximum Gasteiger partial charge on any atom is 0.338 e. The van der Waals surface area contributed by atoms with E-state index in [1.807, 2.05) is 19.9 Å². The molecule has 0 saturated carbocycles. The van der Waals surface area contributed by atoms with Gasteiger partial charge in [0.15, 0.2) is 6.61 Å². The van der Waals surface area contributed by atoms with E-state index in [1.54, 1.807) is 36.4 Å². The third-order valence-corrected chi connectivity index (χ3v) is 3.31. The number of aryl methyl sites for hydroxylation is 2. The second kappa shape index (κ2) is 7.93. The van der Waals surface area contributed by atoms with Crippen molar-refractivity contribution in [2.24, 2.45) is 0 Å². The van der Waals surface area contributed by atoms with Crippen LogP contribution < -0.4 is 5.32 Å². The molecule has 0 unspecified atom stereocenters. The highest BCUT2D eigenvalue weighted by atomic mass is 16.5. The minimum absolute atomic E-state index is 0.321. The van der Waals surface area contributed by atoms with Crippen LogP contribution in [0.3, 0.4) is 0 Å². The van der Waals surface area contributed by atoms with Crippen molar-refractivity contribution in [1.29, 1.82) is 5.26 Å². The lowest BCUT2D eigenvalue weighted by molar-refractivity contribution is -0.119. The van der Waals surface area contributed by atoms with Gasteiger partial charge in [-0.05, 0) is 43.7 Å². The van der Waals surface area contributed by atoms with Crippen LogP contribution in [0.2, 0.25) is 0 Å². The second-order valence-electron chi connectivity index (χ2n) is 5.53. The van der Waals surface area contributed by atoms with E-state index < -0.39 is 11.9 Å². The summed E-state index contributed by atoms with van der Waals surface area (Å²) in [5.74, 6) is -0.943. The minimum Gasteiger partial charge on any atom is -0.452 e. The number of nitrogens with one attached hydrogen (secondary N) is 1. The molecule has 1 N–H and O–H groups in total. The van der Waals surface area contributed by atoms with Crippen molar-refractivity contribution in [3.05, 3.63) is 64.7 Å². The number of hydrogen-bond acceptors (Lipinski definition) is 4. The first kappa shape index (κ1) is 17.2. The van der Waals surface area contributed by atoms with E-state index in [-0.39, 0.29) is 6.61 Å². The fraction of sp³-hybridized carbons (Fsp3) is 0.211. The van der Waals surface area contributed by atoms with E-state index in [9.17, 15) is 9.59 Å². The van der Waals surface area contributed by atoms with Crippen molar-refractivity contribution >= 4 is 17.6 Å². The number of carbonyl (C=O) groups excluding carboxylic acids is 2. The molecule has 24 heavy (non-hydrogen) atoms. The van der Waals surface area contributed by atoms with E-state index >= 15 is 0 Å². The number of ether oxygens (including phenoxy) is 1. The first-order valence-corrected chi connectivity index (χ1v) is 7.49. The van der Waals surface area contributed by atoms with Crippen LogP contribution in [0.25, 0.3) is 0 Å². The molecule has 5 heteroatoms. The number of nitrogens with zero attached hydrogens (tertiary/aromatic N) is 1. The van der Waals surface area contributed by atoms with Gasteiger partial charge in [0.05, 0.1) is 18.1 Å². The van der Waals surface area contributed by atoms with Crippen LogP contribution in [0.1, 0.15) is 27.0 Å². The lowest BCUT2D eigenvalue weighted by atomic mass is 10.1. The standard InChI is InChI=1S/C19H18N2O3/c1-13-9-14(2)11-16(10-13)19(23)24-12-18(22)21-17-5-3-15(4-6-17)7-8-20/h3-6,9-11H,7,12H2,1-2H3,(H,21,22). The van der Waals surface area contributed by atoms with Gasteiger partial charge < -0.3 is 10.1 Å². The van der Waals surface area contributed by atoms with E-state index in [4.69, 9.17) is 10.00 Å². The molecule has 2 rings (SSSR count). The van der Waals surface area contributed by atoms with E-state index in [0.29, 0.717) is 17.7 Å². The molecule has 1 amide bonds. The van der Waals surface area contributed by atoms with Crippen molar-refractivity contribution in [1.82, 2.24) is 0 Å². The smallest absolute Gasteiger partial charge is 0.338 e. The topological polar surface area (TPSA) is 79.2 Å². The number of hydrogen-bond donors (Lipinski definition) is 1. The summed E-state index contributed by atoms with van der Waals surface area (Å²) < 4.78 is 5.04. The van der Waals surface area contributed by atoms with Gasteiger partial charge in [-0.25, -0.2) is 4.79 Å². The van der Waals surface area contributed by atoms with Gasteiger partial charge in [-0.3, -0.25) is 4.79 Å². The zero-order valence-corrected chi connectivity index (χ0v) is 13.6. The fourth-order valence-corrected chi connectivity index (χ4v) is 2.30. The highest BCUT2D eigenvalue weighted by Gasteiger charge is 2.11. The average Bonchev–Trinajstić information content (AvgIpc) is 2.54. The Hall–Kier alpha value is -3.13. The molecular weight excluding hydrogens is 304 g/mol. The molecule has 0 bridgehead atoms. The third kappa shape index (κ3) is 4.96. The molecule has 0 fully saturated rings. The number of carbonyl (C=O) groups is 2. The SMILES string of the molecule is Cc1cc(C)cc(C(=O)OCC(=O)Nc2ccc(CC#N)cc2)c1. The summed E-state index contributed by atoms with van der Waals surface area (Å²) in [6, 6.07) is 14.4. The number of benzene rings is 2. The van der Waals surface area contributed by atoms with Gasteiger partial charge in [-0.2, -0.15) is 5.26 Å². The Kier molecular flexibility index (Phi) is 5.69. The van der Waals surface area contributed by atoms with E-state index in [0.717, 1.165) is 16.7 Å². The summed E-state index contributed by atoms with van der Waals surface area (Å²) in [5, 5.41) is 11.3. The monoisotopic (exact) mass is 322 g/mol. The molecule has 0 saturated heterocycles. The molecule has 5 nitrogen and oxygen atoms in total. The summed E-state index contributed by atoms with van der Waals surface area (Å²) in [6.07, 6.45) is 0.321. The predicted octanol–water partition coefficient (Wildman–Crippen LogP) is 3.17. The molecule has 0 aliphatic heterocycles. The number of nitriles is 1. The van der Waals surface area contributed by atoms with Gasteiger partial charge >= 0.3 is 5.97 Å². The number of anilines is 1. The van der Waals surface area contributed by atoms with Crippen LogP contribution in [0, 0.1) is 25.2 Å². The first-order chi connectivity index (χ1) is 11.5. The Balaban J connectivity index is 1.88. The lowest BCUT2D eigenvalue weighted by Crippen LogP contribution is -2.21. The maximum atomic E-state index is 12.0. The van der Waals surface area contributed by atoms with Gasteiger partial charge in [-0.15, -0.1) is 0 Å². The van der Waals surface area contributed by atoms with Gasteiger partial charge in [0, 0.05) is 5.69 Å². The van der Waals surface area contributed by atoms with Crippen LogP contribution in [0.15, 0.2) is 42.5 Å². The highest BCUT2D eigenvalue weighted by Crippen LogP contribution is 2.11. The van der Waals surface area contributed by atoms with Crippen molar-refractivity contribution in [3.63, 3.8) is 0 Å². The molecule has 0 heterocycles. The second-order valence-corrected chi connectivity index (χ2v) is 5.53. The summed E-state index contributed by atoms with van der Waals surface area (Å²) in [7, 11) is 0.